The Morgan fingerprint density at radius 2 is 1.17 bits per heavy atom. The lowest BCUT2D eigenvalue weighted by Crippen LogP contribution is -2.27. The average Bonchev–Trinajstić information content (AvgIpc) is 2.70. The minimum Gasteiger partial charge on any atom is -0.356 e. The highest BCUT2D eigenvalue weighted by Gasteiger charge is 2.08. The van der Waals surface area contributed by atoms with Crippen LogP contribution < -0.4 is 11.1 Å². The summed E-state index contributed by atoms with van der Waals surface area (Å²) in [5.74, 6) is 0.147. The summed E-state index contributed by atoms with van der Waals surface area (Å²) in [7, 11) is 0. The predicted octanol–water partition coefficient (Wildman–Crippen LogP) is 6.32. The van der Waals surface area contributed by atoms with Gasteiger partial charge in [0.2, 0.25) is 11.0 Å². The smallest absolute Gasteiger partial charge is 0.219 e. The minimum atomic E-state index is -0.477. The third-order valence-electron chi connectivity index (χ3n) is 5.59. The van der Waals surface area contributed by atoms with E-state index in [0.717, 1.165) is 25.7 Å². The molecule has 0 aromatic rings. The molecule has 0 aliphatic heterocycles. The zero-order chi connectivity index (χ0) is 21.6. The first-order valence-corrected chi connectivity index (χ1v) is 12.8. The van der Waals surface area contributed by atoms with Gasteiger partial charge in [0.25, 0.3) is 0 Å². The standard InChI is InChI=1S/C24H48N2O2S/c1-2-3-4-5-6-7-8-9-10-11-12-13-14-15-16-20-23(27)26-21-18-17-19-22(25)24(28)29/h22H,2-21,25H2,1H3,(H,26,27)(H,28,29)/t22-/m0/s1. The van der Waals surface area contributed by atoms with Crippen molar-refractivity contribution in [3.8, 4) is 0 Å². The maximum absolute atomic E-state index is 11.8. The maximum Gasteiger partial charge on any atom is 0.219 e. The highest BCUT2D eigenvalue weighted by Crippen LogP contribution is 2.13. The first kappa shape index (κ1) is 28.5. The Kier molecular flexibility index (Phi) is 21.7. The highest BCUT2D eigenvalue weighted by molar-refractivity contribution is 7.96. The predicted molar refractivity (Wildman–Crippen MR) is 128 cm³/mol. The van der Waals surface area contributed by atoms with E-state index in [1.807, 2.05) is 0 Å². The van der Waals surface area contributed by atoms with Gasteiger partial charge in [-0.3, -0.25) is 9.59 Å². The number of thiol groups is 1. The van der Waals surface area contributed by atoms with Crippen LogP contribution in [0.25, 0.3) is 0 Å². The van der Waals surface area contributed by atoms with Gasteiger partial charge in [-0.1, -0.05) is 96.8 Å². The van der Waals surface area contributed by atoms with Gasteiger partial charge in [-0.2, -0.15) is 0 Å². The first-order valence-electron chi connectivity index (χ1n) is 12.3. The van der Waals surface area contributed by atoms with Gasteiger partial charge in [-0.25, -0.2) is 0 Å². The van der Waals surface area contributed by atoms with Crippen LogP contribution in [0.2, 0.25) is 0 Å². The number of rotatable bonds is 22. The lowest BCUT2D eigenvalue weighted by molar-refractivity contribution is -0.121. The Balaban J connectivity index is 3.20. The van der Waals surface area contributed by atoms with Crippen LogP contribution >= 0.6 is 12.6 Å². The SMILES string of the molecule is CCCCCCCCCCCCCCCCCC(=O)NCCCC[C@H](N)C(=O)S. The fraction of sp³-hybridized carbons (Fsp3) is 0.917. The van der Waals surface area contributed by atoms with E-state index >= 15 is 0 Å². The van der Waals surface area contributed by atoms with Crippen molar-refractivity contribution in [3.63, 3.8) is 0 Å². The Morgan fingerprint density at radius 1 is 0.724 bits per heavy atom. The van der Waals surface area contributed by atoms with Crippen molar-refractivity contribution in [2.24, 2.45) is 5.73 Å². The van der Waals surface area contributed by atoms with Gasteiger partial charge in [0, 0.05) is 13.0 Å². The summed E-state index contributed by atoms with van der Waals surface area (Å²) in [6.45, 7) is 2.95. The van der Waals surface area contributed by atoms with Crippen molar-refractivity contribution < 1.29 is 9.59 Å². The molecule has 29 heavy (non-hydrogen) atoms. The third-order valence-corrected chi connectivity index (χ3v) is 5.92. The van der Waals surface area contributed by atoms with Crippen molar-refractivity contribution in [3.05, 3.63) is 0 Å². The number of nitrogens with two attached hydrogens (primary N) is 1. The fourth-order valence-electron chi connectivity index (χ4n) is 3.59. The Labute approximate surface area is 186 Å². The number of carbonyl (C=O) groups is 2. The van der Waals surface area contributed by atoms with Crippen LogP contribution in [0.5, 0.6) is 0 Å². The number of unbranched alkanes of at least 4 members (excludes halogenated alkanes) is 15. The first-order chi connectivity index (χ1) is 14.1. The third kappa shape index (κ3) is 22.0. The van der Waals surface area contributed by atoms with Crippen LogP contribution in [0.3, 0.4) is 0 Å². The van der Waals surface area contributed by atoms with Gasteiger partial charge in [0.1, 0.15) is 0 Å². The van der Waals surface area contributed by atoms with Crippen LogP contribution in [0.1, 0.15) is 129 Å². The maximum atomic E-state index is 11.8. The summed E-state index contributed by atoms with van der Waals surface area (Å²) in [6, 6.07) is -0.477. The lowest BCUT2D eigenvalue weighted by Gasteiger charge is -2.08. The fourth-order valence-corrected chi connectivity index (χ4v) is 3.71. The van der Waals surface area contributed by atoms with Crippen molar-refractivity contribution in [2.75, 3.05) is 6.54 Å². The molecular weight excluding hydrogens is 380 g/mol. The van der Waals surface area contributed by atoms with Gasteiger partial charge in [0.05, 0.1) is 6.04 Å². The number of nitrogens with one attached hydrogen (secondary N) is 1. The van der Waals surface area contributed by atoms with Gasteiger partial charge in [0.15, 0.2) is 0 Å². The molecule has 5 heteroatoms. The molecule has 0 aliphatic rings. The minimum absolute atomic E-state index is 0.147. The Bertz CT molecular complexity index is 391. The van der Waals surface area contributed by atoms with E-state index in [9.17, 15) is 9.59 Å². The Hall–Kier alpha value is -0.550. The van der Waals surface area contributed by atoms with Crippen LogP contribution in [0, 0.1) is 0 Å². The van der Waals surface area contributed by atoms with Crippen LogP contribution in [0.4, 0.5) is 0 Å². The molecule has 0 radical (unpaired) electrons. The molecule has 0 saturated carbocycles. The molecule has 0 rings (SSSR count). The van der Waals surface area contributed by atoms with Crippen LogP contribution in [-0.2, 0) is 9.59 Å². The van der Waals surface area contributed by atoms with Crippen LogP contribution in [0.15, 0.2) is 0 Å². The Morgan fingerprint density at radius 3 is 1.62 bits per heavy atom. The summed E-state index contributed by atoms with van der Waals surface area (Å²) in [6.07, 6.45) is 23.1. The van der Waals surface area contributed by atoms with Crippen LogP contribution in [-0.4, -0.2) is 23.6 Å². The molecule has 0 aromatic heterocycles. The molecule has 0 heterocycles. The van der Waals surface area contributed by atoms with Crippen molar-refractivity contribution >= 4 is 23.7 Å². The number of hydrogen-bond acceptors (Lipinski definition) is 3. The van der Waals surface area contributed by atoms with E-state index < -0.39 is 6.04 Å². The molecule has 0 aliphatic carbocycles. The molecule has 172 valence electrons. The lowest BCUT2D eigenvalue weighted by atomic mass is 10.0. The molecule has 0 aromatic carbocycles. The second-order valence-corrected chi connectivity index (χ2v) is 8.93. The zero-order valence-corrected chi connectivity index (χ0v) is 20.0. The second-order valence-electron chi connectivity index (χ2n) is 8.49. The number of hydrogen-bond donors (Lipinski definition) is 3. The van der Waals surface area contributed by atoms with Gasteiger partial charge >= 0.3 is 0 Å². The molecular formula is C24H48N2O2S. The summed E-state index contributed by atoms with van der Waals surface area (Å²) < 4.78 is 0. The average molecular weight is 429 g/mol. The molecule has 0 spiro atoms. The molecule has 4 nitrogen and oxygen atoms in total. The van der Waals surface area contributed by atoms with Crippen molar-refractivity contribution in [2.45, 2.75) is 135 Å². The number of carbonyl (C=O) groups excluding carboxylic acids is 2. The largest absolute Gasteiger partial charge is 0.356 e. The normalized spacial score (nSPS) is 12.1. The summed E-state index contributed by atoms with van der Waals surface area (Å²) in [5, 5.41) is 2.69. The molecule has 1 atom stereocenters. The van der Waals surface area contributed by atoms with E-state index in [-0.39, 0.29) is 11.0 Å². The molecule has 0 fully saturated rings. The van der Waals surface area contributed by atoms with E-state index in [4.69, 9.17) is 5.73 Å². The molecule has 0 unspecified atom stereocenters. The topological polar surface area (TPSA) is 72.2 Å². The molecule has 3 N–H and O–H groups in total. The van der Waals surface area contributed by atoms with E-state index in [1.54, 1.807) is 0 Å². The quantitative estimate of drug-likeness (QED) is 0.140. The van der Waals surface area contributed by atoms with E-state index in [2.05, 4.69) is 24.9 Å². The molecule has 0 saturated heterocycles. The highest BCUT2D eigenvalue weighted by atomic mass is 32.1. The number of amides is 1. The van der Waals surface area contributed by atoms with E-state index in [0.29, 0.717) is 19.4 Å². The summed E-state index contributed by atoms with van der Waals surface area (Å²) in [4.78, 5) is 22.7. The summed E-state index contributed by atoms with van der Waals surface area (Å²) >= 11 is 3.72. The summed E-state index contributed by atoms with van der Waals surface area (Å²) in [5.41, 5.74) is 5.62. The second kappa shape index (κ2) is 22.1. The van der Waals surface area contributed by atoms with Gasteiger partial charge in [-0.05, 0) is 25.7 Å². The molecule has 0 bridgehead atoms. The zero-order valence-electron chi connectivity index (χ0n) is 19.1. The van der Waals surface area contributed by atoms with Gasteiger partial charge < -0.3 is 11.1 Å². The molecule has 1 amide bonds. The van der Waals surface area contributed by atoms with E-state index in [1.165, 1.54) is 83.5 Å². The van der Waals surface area contributed by atoms with Crippen molar-refractivity contribution in [1.29, 1.82) is 0 Å². The van der Waals surface area contributed by atoms with Crippen molar-refractivity contribution in [1.82, 2.24) is 5.32 Å². The monoisotopic (exact) mass is 428 g/mol. The van der Waals surface area contributed by atoms with Gasteiger partial charge in [-0.15, -0.1) is 12.6 Å².